The summed E-state index contributed by atoms with van der Waals surface area (Å²) < 4.78 is 7.58. The van der Waals surface area contributed by atoms with Gasteiger partial charge in [-0.3, -0.25) is 4.68 Å². The first-order valence-corrected chi connectivity index (χ1v) is 5.83. The lowest BCUT2D eigenvalue weighted by molar-refractivity contribution is 0.374. The van der Waals surface area contributed by atoms with Gasteiger partial charge in [0.2, 0.25) is 0 Å². The van der Waals surface area contributed by atoms with Crippen LogP contribution < -0.4 is 5.32 Å². The molecule has 0 aromatic carbocycles. The molecule has 0 aliphatic heterocycles. The molecule has 0 unspecified atom stereocenters. The van der Waals surface area contributed by atoms with E-state index >= 15 is 0 Å². The van der Waals surface area contributed by atoms with E-state index in [1.165, 1.54) is 0 Å². The van der Waals surface area contributed by atoms with Crippen LogP contribution in [0.3, 0.4) is 0 Å². The van der Waals surface area contributed by atoms with Gasteiger partial charge in [-0.05, 0) is 39.0 Å². The van der Waals surface area contributed by atoms with Crippen molar-refractivity contribution in [1.82, 2.24) is 15.1 Å². The van der Waals surface area contributed by atoms with Crippen LogP contribution in [0.4, 0.5) is 0 Å². The van der Waals surface area contributed by atoms with Crippen LogP contribution >= 0.6 is 0 Å². The molecule has 0 amide bonds. The monoisotopic (exact) mass is 233 g/mol. The number of nitrogens with one attached hydrogen (secondary N) is 1. The first kappa shape index (κ1) is 11.9. The minimum absolute atomic E-state index is 0.106. The first-order valence-electron chi connectivity index (χ1n) is 5.83. The van der Waals surface area contributed by atoms with Gasteiger partial charge in [0.05, 0.1) is 13.1 Å². The van der Waals surface area contributed by atoms with E-state index < -0.39 is 0 Å². The van der Waals surface area contributed by atoms with Crippen LogP contribution in [0, 0.1) is 0 Å². The highest BCUT2D eigenvalue weighted by Crippen LogP contribution is 2.10. The molecule has 92 valence electrons. The quantitative estimate of drug-likeness (QED) is 0.882. The summed E-state index contributed by atoms with van der Waals surface area (Å²) in [7, 11) is 0. The number of hydrogen-bond acceptors (Lipinski definition) is 3. The molecular formula is C13H19N3O. The van der Waals surface area contributed by atoms with E-state index in [2.05, 4.69) is 31.2 Å². The first-order chi connectivity index (χ1) is 8.03. The van der Waals surface area contributed by atoms with Crippen molar-refractivity contribution < 1.29 is 4.42 Å². The fourth-order valence-electron chi connectivity index (χ4n) is 1.51. The van der Waals surface area contributed by atoms with Crippen molar-refractivity contribution in [3.63, 3.8) is 0 Å². The Bertz CT molecular complexity index is 451. The minimum Gasteiger partial charge on any atom is -0.463 e. The summed E-state index contributed by atoms with van der Waals surface area (Å²) in [5.74, 6) is 1.89. The van der Waals surface area contributed by atoms with E-state index in [0.29, 0.717) is 6.54 Å². The molecule has 17 heavy (non-hydrogen) atoms. The molecule has 0 saturated carbocycles. The van der Waals surface area contributed by atoms with Crippen molar-refractivity contribution in [3.8, 4) is 0 Å². The fraction of sp³-hybridized carbons (Fsp3) is 0.462. The maximum atomic E-state index is 5.73. The third kappa shape index (κ3) is 3.75. The van der Waals surface area contributed by atoms with E-state index in [4.69, 9.17) is 4.42 Å². The number of aromatic nitrogens is 2. The summed E-state index contributed by atoms with van der Waals surface area (Å²) >= 11 is 0. The summed E-state index contributed by atoms with van der Waals surface area (Å²) in [4.78, 5) is 0. The molecule has 4 heteroatoms. The number of nitrogens with zero attached hydrogens (tertiary/aromatic N) is 2. The van der Waals surface area contributed by atoms with E-state index in [0.717, 1.165) is 18.1 Å². The van der Waals surface area contributed by atoms with E-state index in [-0.39, 0.29) is 5.54 Å². The SMILES string of the molecule is CC(C)(C)NCc1ccc(Cn2cccn2)o1. The Morgan fingerprint density at radius 3 is 2.71 bits per heavy atom. The molecule has 2 aromatic rings. The molecule has 0 fully saturated rings. The van der Waals surface area contributed by atoms with Gasteiger partial charge in [0.25, 0.3) is 0 Å². The Labute approximate surface area is 102 Å². The third-order valence-electron chi connectivity index (χ3n) is 2.39. The zero-order valence-electron chi connectivity index (χ0n) is 10.6. The predicted molar refractivity (Wildman–Crippen MR) is 66.6 cm³/mol. The van der Waals surface area contributed by atoms with Gasteiger partial charge in [0.15, 0.2) is 0 Å². The topological polar surface area (TPSA) is 43.0 Å². The summed E-state index contributed by atoms with van der Waals surface area (Å²) in [6.07, 6.45) is 3.70. The van der Waals surface area contributed by atoms with Crippen LogP contribution in [0.2, 0.25) is 0 Å². The van der Waals surface area contributed by atoms with E-state index in [1.807, 2.05) is 29.1 Å². The zero-order valence-corrected chi connectivity index (χ0v) is 10.6. The lowest BCUT2D eigenvalue weighted by Crippen LogP contribution is -2.34. The van der Waals surface area contributed by atoms with Crippen molar-refractivity contribution in [1.29, 1.82) is 0 Å². The van der Waals surface area contributed by atoms with Crippen LogP contribution in [-0.2, 0) is 13.1 Å². The van der Waals surface area contributed by atoms with Crippen LogP contribution in [0.15, 0.2) is 35.0 Å². The number of rotatable bonds is 4. The highest BCUT2D eigenvalue weighted by molar-refractivity contribution is 5.07. The molecule has 2 rings (SSSR count). The van der Waals surface area contributed by atoms with Crippen molar-refractivity contribution in [2.24, 2.45) is 0 Å². The van der Waals surface area contributed by atoms with Gasteiger partial charge in [0, 0.05) is 17.9 Å². The van der Waals surface area contributed by atoms with Gasteiger partial charge in [-0.15, -0.1) is 0 Å². The van der Waals surface area contributed by atoms with Crippen LogP contribution in [-0.4, -0.2) is 15.3 Å². The molecule has 0 saturated heterocycles. The summed E-state index contributed by atoms with van der Waals surface area (Å²) in [5.41, 5.74) is 0.106. The Morgan fingerprint density at radius 2 is 2.06 bits per heavy atom. The Kier molecular flexibility index (Phi) is 3.33. The molecule has 0 aliphatic carbocycles. The standard InChI is InChI=1S/C13H19N3O/c1-13(2,3)14-9-11-5-6-12(17-11)10-16-8-4-7-15-16/h4-8,14H,9-10H2,1-3H3. The van der Waals surface area contributed by atoms with Gasteiger partial charge in [-0.1, -0.05) is 0 Å². The molecule has 1 N–H and O–H groups in total. The maximum Gasteiger partial charge on any atom is 0.125 e. The molecule has 0 bridgehead atoms. The fourth-order valence-corrected chi connectivity index (χ4v) is 1.51. The molecule has 2 heterocycles. The molecular weight excluding hydrogens is 214 g/mol. The van der Waals surface area contributed by atoms with Crippen molar-refractivity contribution in [3.05, 3.63) is 42.1 Å². The minimum atomic E-state index is 0.106. The second-order valence-corrected chi connectivity index (χ2v) is 5.18. The Morgan fingerprint density at radius 1 is 1.29 bits per heavy atom. The van der Waals surface area contributed by atoms with Crippen LogP contribution in [0.5, 0.6) is 0 Å². The molecule has 0 radical (unpaired) electrons. The number of hydrogen-bond donors (Lipinski definition) is 1. The molecule has 0 atom stereocenters. The summed E-state index contributed by atoms with van der Waals surface area (Å²) in [5, 5.41) is 7.54. The predicted octanol–water partition coefficient (Wildman–Crippen LogP) is 2.41. The van der Waals surface area contributed by atoms with Crippen molar-refractivity contribution >= 4 is 0 Å². The number of furan rings is 1. The summed E-state index contributed by atoms with van der Waals surface area (Å²) in [6, 6.07) is 5.92. The average Bonchev–Trinajstić information content (AvgIpc) is 2.86. The lowest BCUT2D eigenvalue weighted by Gasteiger charge is -2.19. The Balaban J connectivity index is 1.92. The lowest BCUT2D eigenvalue weighted by atomic mass is 10.1. The van der Waals surface area contributed by atoms with Gasteiger partial charge >= 0.3 is 0 Å². The van der Waals surface area contributed by atoms with Gasteiger partial charge in [-0.2, -0.15) is 5.10 Å². The Hall–Kier alpha value is -1.55. The maximum absolute atomic E-state index is 5.73. The zero-order chi connectivity index (χ0) is 12.3. The smallest absolute Gasteiger partial charge is 0.125 e. The van der Waals surface area contributed by atoms with E-state index in [1.54, 1.807) is 6.20 Å². The average molecular weight is 233 g/mol. The summed E-state index contributed by atoms with van der Waals surface area (Å²) in [6.45, 7) is 7.85. The van der Waals surface area contributed by atoms with Gasteiger partial charge < -0.3 is 9.73 Å². The largest absolute Gasteiger partial charge is 0.463 e. The van der Waals surface area contributed by atoms with Crippen molar-refractivity contribution in [2.75, 3.05) is 0 Å². The third-order valence-corrected chi connectivity index (χ3v) is 2.39. The molecule has 0 spiro atoms. The molecule has 0 aliphatic rings. The van der Waals surface area contributed by atoms with Crippen LogP contribution in [0.25, 0.3) is 0 Å². The normalized spacial score (nSPS) is 11.9. The van der Waals surface area contributed by atoms with Crippen molar-refractivity contribution in [2.45, 2.75) is 39.4 Å². The van der Waals surface area contributed by atoms with Gasteiger partial charge in [0.1, 0.15) is 11.5 Å². The molecule has 2 aromatic heterocycles. The second-order valence-electron chi connectivity index (χ2n) is 5.18. The molecule has 4 nitrogen and oxygen atoms in total. The van der Waals surface area contributed by atoms with Crippen LogP contribution in [0.1, 0.15) is 32.3 Å². The highest BCUT2D eigenvalue weighted by atomic mass is 16.3. The van der Waals surface area contributed by atoms with Gasteiger partial charge in [-0.25, -0.2) is 0 Å². The second kappa shape index (κ2) is 4.75. The van der Waals surface area contributed by atoms with E-state index in [9.17, 15) is 0 Å². The highest BCUT2D eigenvalue weighted by Gasteiger charge is 2.10.